The highest BCUT2D eigenvalue weighted by Gasteiger charge is 2.64. The van der Waals surface area contributed by atoms with Gasteiger partial charge in [-0.05, 0) is 99.4 Å². The number of halogens is 4. The van der Waals surface area contributed by atoms with Crippen LogP contribution >= 0.6 is 15.9 Å². The number of alkyl halides is 3. The Hall–Kier alpha value is -2.13. The number of carbonyl (C=O) groups excluding carboxylic acids is 2. The van der Waals surface area contributed by atoms with Gasteiger partial charge in [-0.1, -0.05) is 85.6 Å². The standard InChI is InChI=1S/C37H52BrF3O5/c1-9-14-28(25(3)23-45-32(42)34(4,5)6)31(21-24(2)29-18-19-30-26(22-38)15-13-20-35(29,30)7)46-33(43)36(44-8,37(39,40)41)27-16-11-10-12-17-27/h10-12,16-17,22,24,28-31H,3,9,13-15,18-21,23H2,1-2,4-8H3/b26-22+/t24-,28+,29-,30+,31+,35-,36-/m1/s1. The van der Waals surface area contributed by atoms with Crippen LogP contribution in [0.25, 0.3) is 0 Å². The van der Waals surface area contributed by atoms with Crippen molar-refractivity contribution in [3.8, 4) is 0 Å². The van der Waals surface area contributed by atoms with Crippen LogP contribution in [0.15, 0.2) is 53.0 Å². The minimum atomic E-state index is -5.09. The lowest BCUT2D eigenvalue weighted by Gasteiger charge is -2.45. The van der Waals surface area contributed by atoms with Crippen molar-refractivity contribution < 1.29 is 37.0 Å². The fourth-order valence-electron chi connectivity index (χ4n) is 8.02. The molecule has 46 heavy (non-hydrogen) atoms. The Labute approximate surface area is 281 Å². The Morgan fingerprint density at radius 2 is 1.78 bits per heavy atom. The second-order valence-electron chi connectivity index (χ2n) is 14.6. The molecule has 3 rings (SSSR count). The summed E-state index contributed by atoms with van der Waals surface area (Å²) in [5, 5.41) is 0. The highest BCUT2D eigenvalue weighted by Crippen LogP contribution is 2.60. The maximum absolute atomic E-state index is 14.9. The Bertz CT molecular complexity index is 1240. The van der Waals surface area contributed by atoms with E-state index in [2.05, 4.69) is 41.3 Å². The van der Waals surface area contributed by atoms with E-state index in [1.807, 2.05) is 6.92 Å². The van der Waals surface area contributed by atoms with Gasteiger partial charge in [-0.2, -0.15) is 13.2 Å². The highest BCUT2D eigenvalue weighted by molar-refractivity contribution is 9.11. The third-order valence-electron chi connectivity index (χ3n) is 10.5. The molecule has 0 radical (unpaired) electrons. The summed E-state index contributed by atoms with van der Waals surface area (Å²) in [4.78, 5) is 28.6. The van der Waals surface area contributed by atoms with Gasteiger partial charge < -0.3 is 14.2 Å². The summed E-state index contributed by atoms with van der Waals surface area (Å²) < 4.78 is 61.4. The molecule has 9 heteroatoms. The van der Waals surface area contributed by atoms with Crippen molar-refractivity contribution in [3.63, 3.8) is 0 Å². The van der Waals surface area contributed by atoms with E-state index in [4.69, 9.17) is 14.2 Å². The van der Waals surface area contributed by atoms with Gasteiger partial charge in [0.05, 0.1) is 5.41 Å². The number of ether oxygens (including phenoxy) is 3. The Balaban J connectivity index is 2.02. The number of methoxy groups -OCH3 is 1. The van der Waals surface area contributed by atoms with E-state index in [1.165, 1.54) is 29.8 Å². The number of allylic oxidation sites excluding steroid dienone is 1. The van der Waals surface area contributed by atoms with E-state index in [9.17, 15) is 22.8 Å². The lowest BCUT2D eigenvalue weighted by atomic mass is 9.61. The first-order valence-corrected chi connectivity index (χ1v) is 17.4. The SMILES string of the molecule is C=C(COC(=O)C(C)(C)C)[C@H](CCC)[C@H](C[C@@H](C)[C@H]1CC[C@H]2/C(=C/Br)CCC[C@]12C)OC(=O)[C@](OC)(c1ccccc1)C(F)(F)F. The van der Waals surface area contributed by atoms with Crippen LogP contribution < -0.4 is 0 Å². The number of fused-ring (bicyclic) bond motifs is 1. The maximum Gasteiger partial charge on any atom is 0.432 e. The molecule has 0 saturated heterocycles. The molecule has 0 aromatic heterocycles. The number of carbonyl (C=O) groups is 2. The van der Waals surface area contributed by atoms with Crippen LogP contribution in [0, 0.1) is 34.5 Å². The van der Waals surface area contributed by atoms with Gasteiger partial charge in [0.15, 0.2) is 0 Å². The van der Waals surface area contributed by atoms with Crippen molar-refractivity contribution >= 4 is 27.9 Å². The van der Waals surface area contributed by atoms with Gasteiger partial charge >= 0.3 is 18.1 Å². The third kappa shape index (κ3) is 7.94. The largest absolute Gasteiger partial charge is 0.461 e. The van der Waals surface area contributed by atoms with Crippen molar-refractivity contribution in [3.05, 3.63) is 58.6 Å². The number of rotatable bonds is 13. The van der Waals surface area contributed by atoms with Gasteiger partial charge in [-0.3, -0.25) is 4.79 Å². The van der Waals surface area contributed by atoms with Gasteiger partial charge in [0.25, 0.3) is 5.60 Å². The highest BCUT2D eigenvalue weighted by atomic mass is 79.9. The quantitative estimate of drug-likeness (QED) is 0.151. The zero-order chi connectivity index (χ0) is 34.5. The Morgan fingerprint density at radius 3 is 2.33 bits per heavy atom. The van der Waals surface area contributed by atoms with E-state index in [-0.39, 0.29) is 23.5 Å². The van der Waals surface area contributed by atoms with Crippen LogP contribution in [0.4, 0.5) is 13.2 Å². The molecule has 258 valence electrons. The van der Waals surface area contributed by atoms with Crippen LogP contribution in [0.1, 0.15) is 98.5 Å². The first-order chi connectivity index (χ1) is 21.5. The first-order valence-electron chi connectivity index (χ1n) is 16.5. The molecule has 0 N–H and O–H groups in total. The Kier molecular flexibility index (Phi) is 12.8. The molecular formula is C37H52BrF3O5. The molecule has 0 amide bonds. The molecule has 0 bridgehead atoms. The zero-order valence-electron chi connectivity index (χ0n) is 28.5. The molecule has 0 spiro atoms. The summed E-state index contributed by atoms with van der Waals surface area (Å²) in [5.74, 6) is -1.69. The monoisotopic (exact) mass is 712 g/mol. The third-order valence-corrected chi connectivity index (χ3v) is 11.1. The normalized spacial score (nSPS) is 26.0. The number of hydrogen-bond donors (Lipinski definition) is 0. The summed E-state index contributed by atoms with van der Waals surface area (Å²) in [7, 11) is 0.880. The van der Waals surface area contributed by atoms with E-state index in [0.29, 0.717) is 36.7 Å². The summed E-state index contributed by atoms with van der Waals surface area (Å²) >= 11 is 3.58. The molecular weight excluding hydrogens is 661 g/mol. The molecule has 0 aliphatic heterocycles. The van der Waals surface area contributed by atoms with Crippen LogP contribution in [0.5, 0.6) is 0 Å². The summed E-state index contributed by atoms with van der Waals surface area (Å²) in [5.41, 5.74) is -2.43. The first kappa shape index (κ1) is 38.3. The molecule has 0 unspecified atom stereocenters. The maximum atomic E-state index is 14.9. The van der Waals surface area contributed by atoms with Crippen LogP contribution in [-0.4, -0.2) is 37.9 Å². The number of esters is 2. The molecule has 2 fully saturated rings. The smallest absolute Gasteiger partial charge is 0.432 e. The van der Waals surface area contributed by atoms with Crippen molar-refractivity contribution in [1.29, 1.82) is 0 Å². The average Bonchev–Trinajstić information content (AvgIpc) is 3.35. The van der Waals surface area contributed by atoms with Crippen molar-refractivity contribution in [2.24, 2.45) is 34.5 Å². The van der Waals surface area contributed by atoms with E-state index >= 15 is 0 Å². The van der Waals surface area contributed by atoms with E-state index in [1.54, 1.807) is 26.8 Å². The van der Waals surface area contributed by atoms with Gasteiger partial charge in [-0.15, -0.1) is 0 Å². The topological polar surface area (TPSA) is 61.8 Å². The molecule has 0 heterocycles. The molecule has 1 aromatic rings. The number of hydrogen-bond acceptors (Lipinski definition) is 5. The predicted molar refractivity (Wildman–Crippen MR) is 178 cm³/mol. The second-order valence-corrected chi connectivity index (χ2v) is 15.0. The molecule has 2 aliphatic rings. The van der Waals surface area contributed by atoms with Crippen LogP contribution in [0.3, 0.4) is 0 Å². The number of benzene rings is 1. The van der Waals surface area contributed by atoms with Crippen molar-refractivity contribution in [2.75, 3.05) is 13.7 Å². The fourth-order valence-corrected chi connectivity index (χ4v) is 8.57. The van der Waals surface area contributed by atoms with Crippen LogP contribution in [0.2, 0.25) is 0 Å². The molecule has 7 atom stereocenters. The Morgan fingerprint density at radius 1 is 1.13 bits per heavy atom. The van der Waals surface area contributed by atoms with E-state index in [0.717, 1.165) is 39.2 Å². The minimum absolute atomic E-state index is 0.0336. The lowest BCUT2D eigenvalue weighted by molar-refractivity contribution is -0.279. The van der Waals surface area contributed by atoms with E-state index < -0.39 is 41.2 Å². The van der Waals surface area contributed by atoms with Gasteiger partial charge in [-0.25, -0.2) is 4.79 Å². The van der Waals surface area contributed by atoms with Crippen molar-refractivity contribution in [2.45, 2.75) is 111 Å². The van der Waals surface area contributed by atoms with Gasteiger partial charge in [0.2, 0.25) is 0 Å². The van der Waals surface area contributed by atoms with Gasteiger partial charge in [0.1, 0.15) is 12.7 Å². The molecule has 1 aromatic carbocycles. The molecule has 2 saturated carbocycles. The minimum Gasteiger partial charge on any atom is -0.461 e. The summed E-state index contributed by atoms with van der Waals surface area (Å²) in [6, 6.07) is 6.89. The zero-order valence-corrected chi connectivity index (χ0v) is 30.1. The molecule has 5 nitrogen and oxygen atoms in total. The van der Waals surface area contributed by atoms with Crippen LogP contribution in [-0.2, 0) is 29.4 Å². The fraction of sp³-hybridized carbons (Fsp3) is 0.676. The summed E-state index contributed by atoms with van der Waals surface area (Å²) in [6.45, 7) is 15.8. The molecule has 2 aliphatic carbocycles. The average molecular weight is 714 g/mol. The van der Waals surface area contributed by atoms with Gasteiger partial charge in [0, 0.05) is 18.6 Å². The lowest BCUT2D eigenvalue weighted by Crippen LogP contribution is -2.53. The van der Waals surface area contributed by atoms with Crippen molar-refractivity contribution in [1.82, 2.24) is 0 Å². The summed E-state index contributed by atoms with van der Waals surface area (Å²) in [6.07, 6.45) is 0.724. The second kappa shape index (κ2) is 15.4. The predicted octanol–water partition coefficient (Wildman–Crippen LogP) is 10.1.